The molecule has 1 N–H and O–H groups in total. The highest BCUT2D eigenvalue weighted by molar-refractivity contribution is 8.00. The van der Waals surface area contributed by atoms with Crippen molar-refractivity contribution < 1.29 is 22.8 Å². The number of hydrogen-bond donors (Lipinski definition) is 1. The van der Waals surface area contributed by atoms with Crippen molar-refractivity contribution >= 4 is 23.7 Å². The smallest absolute Gasteiger partial charge is 0.331 e. The Morgan fingerprint density at radius 1 is 1.15 bits per heavy atom. The third kappa shape index (κ3) is 4.44. The van der Waals surface area contributed by atoms with Gasteiger partial charge < -0.3 is 5.32 Å². The molecule has 0 aliphatic carbocycles. The lowest BCUT2D eigenvalue weighted by Gasteiger charge is -2.38. The van der Waals surface area contributed by atoms with E-state index in [1.807, 2.05) is 37.3 Å². The van der Waals surface area contributed by atoms with Gasteiger partial charge in [0.25, 0.3) is 0 Å². The number of rotatable bonds is 4. The average molecular weight is 394 g/mol. The summed E-state index contributed by atoms with van der Waals surface area (Å²) in [6, 6.07) is 13.2. The molecule has 4 nitrogen and oxygen atoms in total. The summed E-state index contributed by atoms with van der Waals surface area (Å²) in [5.74, 6) is -0.308. The molecule has 1 saturated heterocycles. The molecule has 0 saturated carbocycles. The summed E-state index contributed by atoms with van der Waals surface area (Å²) < 4.78 is 37.9. The molecule has 27 heavy (non-hydrogen) atoms. The molecule has 1 aliphatic rings. The largest absolute Gasteiger partial charge is 0.416 e. The number of thioether (sulfide) groups is 1. The van der Waals surface area contributed by atoms with Crippen molar-refractivity contribution in [1.82, 2.24) is 10.2 Å². The summed E-state index contributed by atoms with van der Waals surface area (Å²) >= 11 is 1.19. The third-order valence-electron chi connectivity index (χ3n) is 4.22. The quantitative estimate of drug-likeness (QED) is 0.756. The maximum atomic E-state index is 12.6. The summed E-state index contributed by atoms with van der Waals surface area (Å²) in [4.78, 5) is 26.0. The van der Waals surface area contributed by atoms with Gasteiger partial charge in [-0.1, -0.05) is 42.1 Å². The number of hydrogen-bond acceptors (Lipinski definition) is 3. The highest BCUT2D eigenvalue weighted by Crippen LogP contribution is 2.37. The number of likely N-dealkylation sites (tertiary alicyclic amines) is 1. The van der Waals surface area contributed by atoms with Crippen LogP contribution in [0.4, 0.5) is 18.0 Å². The molecule has 2 aromatic carbocycles. The van der Waals surface area contributed by atoms with Gasteiger partial charge in [-0.3, -0.25) is 9.69 Å². The number of nitrogens with one attached hydrogen (secondary N) is 1. The number of urea groups is 1. The first-order valence-corrected chi connectivity index (χ1v) is 9.15. The van der Waals surface area contributed by atoms with E-state index in [4.69, 9.17) is 0 Å². The van der Waals surface area contributed by atoms with Crippen LogP contribution in [-0.2, 0) is 11.0 Å². The molecule has 0 aromatic heterocycles. The van der Waals surface area contributed by atoms with Gasteiger partial charge in [0.2, 0.25) is 5.91 Å². The Morgan fingerprint density at radius 2 is 1.78 bits per heavy atom. The van der Waals surface area contributed by atoms with Gasteiger partial charge in [-0.2, -0.15) is 13.2 Å². The molecule has 3 rings (SSSR count). The minimum Gasteiger partial charge on any atom is -0.331 e. The Morgan fingerprint density at radius 3 is 2.33 bits per heavy atom. The molecule has 0 unspecified atom stereocenters. The molecule has 2 atom stereocenters. The predicted octanol–water partition coefficient (Wildman–Crippen LogP) is 4.83. The fourth-order valence-electron chi connectivity index (χ4n) is 2.68. The molecule has 1 aliphatic heterocycles. The van der Waals surface area contributed by atoms with Crippen molar-refractivity contribution in [2.75, 3.05) is 0 Å². The average Bonchev–Trinajstić information content (AvgIpc) is 2.61. The number of halogens is 3. The molecule has 8 heteroatoms. The van der Waals surface area contributed by atoms with Crippen molar-refractivity contribution in [2.24, 2.45) is 0 Å². The zero-order chi connectivity index (χ0) is 19.6. The summed E-state index contributed by atoms with van der Waals surface area (Å²) in [6.45, 7) is 1.81. The lowest BCUT2D eigenvalue weighted by Crippen LogP contribution is -2.57. The second-order valence-corrected chi connectivity index (χ2v) is 7.40. The van der Waals surface area contributed by atoms with Gasteiger partial charge >= 0.3 is 12.2 Å². The summed E-state index contributed by atoms with van der Waals surface area (Å²) in [5, 5.41) is 2.34. The predicted molar refractivity (Wildman–Crippen MR) is 95.9 cm³/mol. The lowest BCUT2D eigenvalue weighted by atomic mass is 10.1. The van der Waals surface area contributed by atoms with E-state index >= 15 is 0 Å². The standard InChI is InChI=1S/C19H17F3N2O2S/c1-12(13-5-3-2-4-6-13)23-18(26)24-16(25)11-17(24)27-15-9-7-14(8-10-15)19(20,21)22/h2-10,12,17H,11H2,1H3,(H,23,26)/t12-,17+/m0/s1. The number of alkyl halides is 3. The van der Waals surface area contributed by atoms with Crippen LogP contribution in [0.15, 0.2) is 59.5 Å². The van der Waals surface area contributed by atoms with Crippen LogP contribution < -0.4 is 5.32 Å². The summed E-state index contributed by atoms with van der Waals surface area (Å²) in [6.07, 6.45) is -4.23. The van der Waals surface area contributed by atoms with Crippen LogP contribution in [0.1, 0.15) is 30.5 Å². The van der Waals surface area contributed by atoms with Crippen molar-refractivity contribution in [2.45, 2.75) is 35.8 Å². The van der Waals surface area contributed by atoms with Gasteiger partial charge in [-0.25, -0.2) is 4.79 Å². The molecule has 3 amide bonds. The first kappa shape index (κ1) is 19.3. The van der Waals surface area contributed by atoms with E-state index in [1.54, 1.807) is 0 Å². The van der Waals surface area contributed by atoms with Crippen LogP contribution in [0.2, 0.25) is 0 Å². The summed E-state index contributed by atoms with van der Waals surface area (Å²) in [5.41, 5.74) is 0.175. The van der Waals surface area contributed by atoms with E-state index in [-0.39, 0.29) is 18.4 Å². The number of β-lactam (4-membered cyclic amide) rings is 1. The minimum atomic E-state index is -4.39. The van der Waals surface area contributed by atoms with Crippen molar-refractivity contribution in [3.8, 4) is 0 Å². The van der Waals surface area contributed by atoms with Gasteiger partial charge in [0.1, 0.15) is 5.37 Å². The van der Waals surface area contributed by atoms with Gasteiger partial charge in [0, 0.05) is 4.90 Å². The van der Waals surface area contributed by atoms with E-state index in [2.05, 4.69) is 5.32 Å². The Balaban J connectivity index is 1.62. The Hall–Kier alpha value is -2.48. The third-order valence-corrected chi connectivity index (χ3v) is 5.41. The minimum absolute atomic E-state index is 0.166. The molecular formula is C19H17F3N2O2S. The zero-order valence-electron chi connectivity index (χ0n) is 14.4. The molecule has 0 bridgehead atoms. The van der Waals surface area contributed by atoms with Gasteiger partial charge in [0.15, 0.2) is 0 Å². The van der Waals surface area contributed by atoms with E-state index in [0.717, 1.165) is 22.6 Å². The Kier molecular flexibility index (Phi) is 5.46. The number of carbonyl (C=O) groups excluding carboxylic acids is 2. The first-order valence-electron chi connectivity index (χ1n) is 8.27. The van der Waals surface area contributed by atoms with E-state index < -0.39 is 23.1 Å². The zero-order valence-corrected chi connectivity index (χ0v) is 15.2. The van der Waals surface area contributed by atoms with E-state index in [9.17, 15) is 22.8 Å². The van der Waals surface area contributed by atoms with Gasteiger partial charge in [-0.05, 0) is 36.8 Å². The molecule has 1 heterocycles. The normalized spacial score (nSPS) is 18.0. The van der Waals surface area contributed by atoms with Crippen LogP contribution in [0.3, 0.4) is 0 Å². The van der Waals surface area contributed by atoms with Crippen molar-refractivity contribution in [1.29, 1.82) is 0 Å². The number of benzene rings is 2. The van der Waals surface area contributed by atoms with E-state index in [0.29, 0.717) is 4.90 Å². The fourth-order valence-corrected chi connectivity index (χ4v) is 3.84. The van der Waals surface area contributed by atoms with Crippen LogP contribution in [-0.4, -0.2) is 22.2 Å². The van der Waals surface area contributed by atoms with Crippen molar-refractivity contribution in [3.05, 3.63) is 65.7 Å². The van der Waals surface area contributed by atoms with Crippen LogP contribution in [0, 0.1) is 0 Å². The van der Waals surface area contributed by atoms with Crippen LogP contribution in [0.5, 0.6) is 0 Å². The van der Waals surface area contributed by atoms with E-state index in [1.165, 1.54) is 23.9 Å². The molecule has 142 valence electrons. The molecule has 1 fully saturated rings. The second kappa shape index (κ2) is 7.64. The number of imide groups is 1. The lowest BCUT2D eigenvalue weighted by molar-refractivity contribution is -0.138. The molecule has 2 aromatic rings. The maximum Gasteiger partial charge on any atom is 0.416 e. The van der Waals surface area contributed by atoms with Crippen LogP contribution >= 0.6 is 11.8 Å². The Bertz CT molecular complexity index is 825. The molecule has 0 spiro atoms. The number of carbonyl (C=O) groups is 2. The Labute approximate surface area is 158 Å². The topological polar surface area (TPSA) is 49.4 Å². The first-order chi connectivity index (χ1) is 12.8. The maximum absolute atomic E-state index is 12.6. The van der Waals surface area contributed by atoms with Gasteiger partial charge in [-0.15, -0.1) is 0 Å². The monoisotopic (exact) mass is 394 g/mol. The van der Waals surface area contributed by atoms with Crippen molar-refractivity contribution in [3.63, 3.8) is 0 Å². The molecule has 0 radical (unpaired) electrons. The molecular weight excluding hydrogens is 377 g/mol. The number of nitrogens with zero attached hydrogens (tertiary/aromatic N) is 1. The number of amides is 3. The van der Waals surface area contributed by atoms with Gasteiger partial charge in [0.05, 0.1) is 18.0 Å². The highest BCUT2D eigenvalue weighted by Gasteiger charge is 2.42. The van der Waals surface area contributed by atoms with Crippen LogP contribution in [0.25, 0.3) is 0 Å². The highest BCUT2D eigenvalue weighted by atomic mass is 32.2. The fraction of sp³-hybridized carbons (Fsp3) is 0.263. The second-order valence-electron chi connectivity index (χ2n) is 6.14. The SMILES string of the molecule is C[C@H](NC(=O)N1C(=O)C[C@H]1Sc1ccc(C(F)(F)F)cc1)c1ccccc1. The summed E-state index contributed by atoms with van der Waals surface area (Å²) in [7, 11) is 0.